The average Bonchev–Trinajstić information content (AvgIpc) is 2.68. The first-order chi connectivity index (χ1) is 12.6. The predicted octanol–water partition coefficient (Wildman–Crippen LogP) is 2.68. The number of amides is 2. The van der Waals surface area contributed by atoms with E-state index >= 15 is 0 Å². The van der Waals surface area contributed by atoms with Crippen LogP contribution in [0.1, 0.15) is 12.5 Å². The SMILES string of the molecule is CCc1ccccc1NC(=O)C(=O)N1CCN(c2ccccc2F)CC1. The largest absolute Gasteiger partial charge is 0.366 e. The number of anilines is 2. The first-order valence-electron chi connectivity index (χ1n) is 8.77. The van der Waals surface area contributed by atoms with Crippen LogP contribution < -0.4 is 10.2 Å². The van der Waals surface area contributed by atoms with Gasteiger partial charge >= 0.3 is 11.8 Å². The fourth-order valence-electron chi connectivity index (χ4n) is 3.13. The standard InChI is InChI=1S/C20H22FN3O2/c1-2-15-7-3-5-9-17(15)22-19(25)20(26)24-13-11-23(12-14-24)18-10-6-4-8-16(18)21/h3-10H,2,11-14H2,1H3,(H,22,25). The van der Waals surface area contributed by atoms with Crippen molar-refractivity contribution in [2.24, 2.45) is 0 Å². The zero-order valence-electron chi connectivity index (χ0n) is 14.7. The summed E-state index contributed by atoms with van der Waals surface area (Å²) in [7, 11) is 0. The Hall–Kier alpha value is -2.89. The Kier molecular flexibility index (Phi) is 5.51. The van der Waals surface area contributed by atoms with Gasteiger partial charge < -0.3 is 15.1 Å². The highest BCUT2D eigenvalue weighted by Crippen LogP contribution is 2.20. The van der Waals surface area contributed by atoms with Gasteiger partial charge in [-0.15, -0.1) is 0 Å². The second-order valence-corrected chi connectivity index (χ2v) is 6.20. The lowest BCUT2D eigenvalue weighted by atomic mass is 10.1. The minimum Gasteiger partial charge on any atom is -0.366 e. The van der Waals surface area contributed by atoms with Gasteiger partial charge in [0.2, 0.25) is 0 Å². The highest BCUT2D eigenvalue weighted by atomic mass is 19.1. The van der Waals surface area contributed by atoms with E-state index in [2.05, 4.69) is 5.32 Å². The summed E-state index contributed by atoms with van der Waals surface area (Å²) in [5.74, 6) is -1.46. The summed E-state index contributed by atoms with van der Waals surface area (Å²) in [5, 5.41) is 2.71. The molecule has 6 heteroatoms. The van der Waals surface area contributed by atoms with Crippen molar-refractivity contribution < 1.29 is 14.0 Å². The molecule has 3 rings (SSSR count). The first-order valence-corrected chi connectivity index (χ1v) is 8.77. The van der Waals surface area contributed by atoms with Crippen molar-refractivity contribution in [2.75, 3.05) is 36.4 Å². The van der Waals surface area contributed by atoms with E-state index in [9.17, 15) is 14.0 Å². The Balaban J connectivity index is 1.60. The average molecular weight is 355 g/mol. The number of benzene rings is 2. The molecule has 0 bridgehead atoms. The number of aryl methyl sites for hydroxylation is 1. The van der Waals surface area contributed by atoms with Crippen LogP contribution in [0.25, 0.3) is 0 Å². The quantitative estimate of drug-likeness (QED) is 0.862. The molecule has 136 valence electrons. The third-order valence-electron chi connectivity index (χ3n) is 4.60. The number of carbonyl (C=O) groups is 2. The minimum absolute atomic E-state index is 0.277. The highest BCUT2D eigenvalue weighted by molar-refractivity contribution is 6.39. The lowest BCUT2D eigenvalue weighted by Gasteiger charge is -2.35. The number of nitrogens with one attached hydrogen (secondary N) is 1. The van der Waals surface area contributed by atoms with Gasteiger partial charge in [-0.05, 0) is 30.2 Å². The third kappa shape index (κ3) is 3.85. The van der Waals surface area contributed by atoms with Gasteiger partial charge in [0, 0.05) is 31.9 Å². The summed E-state index contributed by atoms with van der Waals surface area (Å²) >= 11 is 0. The molecular formula is C20H22FN3O2. The number of hydrogen-bond acceptors (Lipinski definition) is 3. The Labute approximate surface area is 152 Å². The molecule has 1 fully saturated rings. The molecule has 26 heavy (non-hydrogen) atoms. The van der Waals surface area contributed by atoms with Gasteiger partial charge in [0.1, 0.15) is 5.82 Å². The van der Waals surface area contributed by atoms with Crippen LogP contribution in [0.5, 0.6) is 0 Å². The van der Waals surface area contributed by atoms with E-state index < -0.39 is 11.8 Å². The van der Waals surface area contributed by atoms with Crippen LogP contribution in [0.15, 0.2) is 48.5 Å². The summed E-state index contributed by atoms with van der Waals surface area (Å²) in [4.78, 5) is 28.2. The molecule has 2 aromatic carbocycles. The summed E-state index contributed by atoms with van der Waals surface area (Å²) < 4.78 is 13.9. The van der Waals surface area contributed by atoms with Gasteiger partial charge in [0.05, 0.1) is 5.69 Å². The lowest BCUT2D eigenvalue weighted by Crippen LogP contribution is -2.51. The van der Waals surface area contributed by atoms with Crippen molar-refractivity contribution >= 4 is 23.2 Å². The lowest BCUT2D eigenvalue weighted by molar-refractivity contribution is -0.143. The van der Waals surface area contributed by atoms with Crippen LogP contribution in [-0.4, -0.2) is 42.9 Å². The molecule has 0 aromatic heterocycles. The Morgan fingerprint density at radius 1 is 1.00 bits per heavy atom. The maximum absolute atomic E-state index is 13.9. The van der Waals surface area contributed by atoms with Crippen molar-refractivity contribution in [3.05, 3.63) is 59.9 Å². The Morgan fingerprint density at radius 3 is 2.35 bits per heavy atom. The molecule has 1 N–H and O–H groups in total. The van der Waals surface area contributed by atoms with Crippen molar-refractivity contribution in [1.82, 2.24) is 4.90 Å². The molecule has 1 aliphatic rings. The fraction of sp³-hybridized carbons (Fsp3) is 0.300. The zero-order valence-corrected chi connectivity index (χ0v) is 14.7. The van der Waals surface area contributed by atoms with Crippen molar-refractivity contribution in [3.8, 4) is 0 Å². The van der Waals surface area contributed by atoms with Crippen LogP contribution in [0.4, 0.5) is 15.8 Å². The van der Waals surface area contributed by atoms with Crippen LogP contribution >= 0.6 is 0 Å². The van der Waals surface area contributed by atoms with E-state index in [-0.39, 0.29) is 5.82 Å². The highest BCUT2D eigenvalue weighted by Gasteiger charge is 2.27. The molecule has 2 amide bonds. The summed E-state index contributed by atoms with van der Waals surface area (Å²) in [5.41, 5.74) is 2.18. The molecule has 1 heterocycles. The molecule has 0 aliphatic carbocycles. The van der Waals surface area contributed by atoms with Crippen molar-refractivity contribution in [2.45, 2.75) is 13.3 Å². The molecule has 5 nitrogen and oxygen atoms in total. The van der Waals surface area contributed by atoms with E-state index in [1.165, 1.54) is 11.0 Å². The van der Waals surface area contributed by atoms with Crippen LogP contribution in [0, 0.1) is 5.82 Å². The normalized spacial score (nSPS) is 14.2. The number of carbonyl (C=O) groups excluding carboxylic acids is 2. The van der Waals surface area contributed by atoms with E-state index in [0.717, 1.165) is 12.0 Å². The van der Waals surface area contributed by atoms with Gasteiger partial charge in [0.15, 0.2) is 0 Å². The molecule has 2 aromatic rings. The Morgan fingerprint density at radius 2 is 1.65 bits per heavy atom. The summed E-state index contributed by atoms with van der Waals surface area (Å²) in [6, 6.07) is 14.0. The van der Waals surface area contributed by atoms with E-state index in [1.54, 1.807) is 24.3 Å². The summed E-state index contributed by atoms with van der Waals surface area (Å²) in [6.45, 7) is 3.75. The number of nitrogens with zero attached hydrogens (tertiary/aromatic N) is 2. The molecule has 0 saturated carbocycles. The van der Waals surface area contributed by atoms with Gasteiger partial charge in [-0.1, -0.05) is 37.3 Å². The Bertz CT molecular complexity index is 801. The zero-order chi connectivity index (χ0) is 18.5. The molecule has 1 aliphatic heterocycles. The number of rotatable bonds is 3. The molecule has 1 saturated heterocycles. The molecule has 0 spiro atoms. The van der Waals surface area contributed by atoms with Crippen LogP contribution in [0.2, 0.25) is 0 Å². The molecule has 0 radical (unpaired) electrons. The fourth-order valence-corrected chi connectivity index (χ4v) is 3.13. The molecule has 0 unspecified atom stereocenters. The van der Waals surface area contributed by atoms with Gasteiger partial charge in [0.25, 0.3) is 0 Å². The van der Waals surface area contributed by atoms with Crippen LogP contribution in [0.3, 0.4) is 0 Å². The van der Waals surface area contributed by atoms with E-state index in [0.29, 0.717) is 37.6 Å². The van der Waals surface area contributed by atoms with Gasteiger partial charge in [-0.3, -0.25) is 9.59 Å². The third-order valence-corrected chi connectivity index (χ3v) is 4.60. The summed E-state index contributed by atoms with van der Waals surface area (Å²) in [6.07, 6.45) is 0.770. The molecule has 0 atom stereocenters. The van der Waals surface area contributed by atoms with Crippen molar-refractivity contribution in [3.63, 3.8) is 0 Å². The topological polar surface area (TPSA) is 52.7 Å². The number of piperazine rings is 1. The number of hydrogen-bond donors (Lipinski definition) is 1. The minimum atomic E-state index is -0.634. The van der Waals surface area contributed by atoms with Crippen LogP contribution in [-0.2, 0) is 16.0 Å². The van der Waals surface area contributed by atoms with Gasteiger partial charge in [-0.25, -0.2) is 4.39 Å². The van der Waals surface area contributed by atoms with Crippen molar-refractivity contribution in [1.29, 1.82) is 0 Å². The smallest absolute Gasteiger partial charge is 0.313 e. The number of halogens is 1. The molecular weight excluding hydrogens is 333 g/mol. The second kappa shape index (κ2) is 7.99. The predicted molar refractivity (Wildman–Crippen MR) is 99.6 cm³/mol. The monoisotopic (exact) mass is 355 g/mol. The first kappa shape index (κ1) is 17.9. The number of para-hydroxylation sites is 2. The van der Waals surface area contributed by atoms with E-state index in [4.69, 9.17) is 0 Å². The second-order valence-electron chi connectivity index (χ2n) is 6.20. The maximum Gasteiger partial charge on any atom is 0.313 e. The maximum atomic E-state index is 13.9. The van der Waals surface area contributed by atoms with E-state index in [1.807, 2.05) is 30.0 Å². The van der Waals surface area contributed by atoms with Gasteiger partial charge in [-0.2, -0.15) is 0 Å².